The van der Waals surface area contributed by atoms with Crippen molar-refractivity contribution >= 4 is 34.1 Å². The van der Waals surface area contributed by atoms with E-state index in [0.29, 0.717) is 39.8 Å². The van der Waals surface area contributed by atoms with E-state index in [2.05, 4.69) is 58.5 Å². The third-order valence-electron chi connectivity index (χ3n) is 9.95. The minimum atomic E-state index is -0.616. The van der Waals surface area contributed by atoms with Crippen LogP contribution >= 0.6 is 0 Å². The lowest BCUT2D eigenvalue weighted by atomic mass is 10.0. The number of allylic oxidation sites excluding steroid dienone is 4. The van der Waals surface area contributed by atoms with E-state index in [1.54, 1.807) is 23.0 Å². The van der Waals surface area contributed by atoms with Gasteiger partial charge in [-0.2, -0.15) is 0 Å². The highest BCUT2D eigenvalue weighted by Crippen LogP contribution is 2.25. The van der Waals surface area contributed by atoms with Crippen molar-refractivity contribution in [1.29, 1.82) is 0 Å². The van der Waals surface area contributed by atoms with Gasteiger partial charge < -0.3 is 20.4 Å². The molecule has 0 fully saturated rings. The molecule has 6 aromatic rings. The Morgan fingerprint density at radius 2 is 1.74 bits per heavy atom. The molecule has 1 atom stereocenters. The Balaban J connectivity index is 1.12. The number of ether oxygens (including phenoxy) is 1. The molecule has 4 aromatic heterocycles. The number of nitrogens with one attached hydrogen (secondary N) is 1. The van der Waals surface area contributed by atoms with Crippen molar-refractivity contribution in [3.63, 3.8) is 0 Å². The Bertz CT molecular complexity index is 2550. The number of esters is 1. The minimum Gasteiger partial charge on any atom is -0.459 e. The molecular formula is C47H51N7O4. The zero-order chi connectivity index (χ0) is 40.9. The molecule has 0 spiro atoms. The second kappa shape index (κ2) is 20.0. The number of unbranched alkanes of at least 4 members (excludes halogenated alkanes) is 5. The first-order valence-electron chi connectivity index (χ1n) is 20.0. The van der Waals surface area contributed by atoms with Crippen molar-refractivity contribution in [3.05, 3.63) is 148 Å². The zero-order valence-corrected chi connectivity index (χ0v) is 33.5. The summed E-state index contributed by atoms with van der Waals surface area (Å²) in [6, 6.07) is 19.7. The third-order valence-corrected chi connectivity index (χ3v) is 9.95. The van der Waals surface area contributed by atoms with Crippen LogP contribution in [0.2, 0.25) is 0 Å². The van der Waals surface area contributed by atoms with Crippen LogP contribution in [0.15, 0.2) is 114 Å². The maximum Gasteiger partial charge on any atom is 0.306 e. The molecule has 0 saturated carbocycles. The summed E-state index contributed by atoms with van der Waals surface area (Å²) in [6.07, 6.45) is 22.9. The number of hydrogen-bond donors (Lipinski definition) is 2. The van der Waals surface area contributed by atoms with Gasteiger partial charge in [-0.25, -0.2) is 9.50 Å². The first-order chi connectivity index (χ1) is 28.2. The number of benzene rings is 2. The second-order valence-electron chi connectivity index (χ2n) is 14.3. The quantitative estimate of drug-likeness (QED) is 0.0410. The Morgan fingerprint density at radius 3 is 2.57 bits per heavy atom. The number of aryl methyl sites for hydroxylation is 1. The van der Waals surface area contributed by atoms with Crippen molar-refractivity contribution in [3.8, 4) is 17.5 Å². The number of hydrogen-bond acceptors (Lipinski definition) is 7. The molecule has 6 rings (SSSR count). The number of pyridine rings is 1. The van der Waals surface area contributed by atoms with Crippen LogP contribution in [0.1, 0.15) is 111 Å². The molecule has 0 aliphatic heterocycles. The minimum absolute atomic E-state index is 0.0550. The lowest BCUT2D eigenvalue weighted by molar-refractivity contribution is -0.145. The van der Waals surface area contributed by atoms with Crippen molar-refractivity contribution in [2.75, 3.05) is 5.73 Å². The summed E-state index contributed by atoms with van der Waals surface area (Å²) >= 11 is 0. The van der Waals surface area contributed by atoms with Crippen molar-refractivity contribution < 1.29 is 14.3 Å². The van der Waals surface area contributed by atoms with Gasteiger partial charge in [0.25, 0.3) is 11.5 Å². The number of anilines is 1. The molecule has 0 aliphatic rings. The number of carbonyl (C=O) groups is 2. The predicted molar refractivity (Wildman–Crippen MR) is 230 cm³/mol. The lowest BCUT2D eigenvalue weighted by Gasteiger charge is -2.21. The average Bonchev–Trinajstić information content (AvgIpc) is 3.76. The Kier molecular flexibility index (Phi) is 14.1. The molecule has 4 heterocycles. The molecule has 11 nitrogen and oxygen atoms in total. The molecule has 0 radical (unpaired) electrons. The lowest BCUT2D eigenvalue weighted by Crippen LogP contribution is -2.32. The monoisotopic (exact) mass is 777 g/mol. The van der Waals surface area contributed by atoms with Crippen LogP contribution in [0.5, 0.6) is 0 Å². The highest BCUT2D eigenvalue weighted by Gasteiger charge is 2.24. The van der Waals surface area contributed by atoms with Crippen LogP contribution in [0.3, 0.4) is 0 Å². The van der Waals surface area contributed by atoms with Crippen molar-refractivity contribution in [1.82, 2.24) is 29.0 Å². The van der Waals surface area contributed by atoms with Crippen LogP contribution in [0.4, 0.5) is 5.82 Å². The van der Waals surface area contributed by atoms with Gasteiger partial charge in [0, 0.05) is 54.6 Å². The van der Waals surface area contributed by atoms with Crippen LogP contribution in [0, 0.1) is 11.8 Å². The maximum atomic E-state index is 14.5. The van der Waals surface area contributed by atoms with E-state index in [9.17, 15) is 14.4 Å². The molecule has 58 heavy (non-hydrogen) atoms. The van der Waals surface area contributed by atoms with Gasteiger partial charge in [0.1, 0.15) is 12.2 Å². The van der Waals surface area contributed by atoms with Crippen LogP contribution in [0.25, 0.3) is 22.1 Å². The summed E-state index contributed by atoms with van der Waals surface area (Å²) < 4.78 is 10.6. The van der Waals surface area contributed by atoms with Gasteiger partial charge in [-0.1, -0.05) is 92.7 Å². The number of aromatic nitrogens is 5. The van der Waals surface area contributed by atoms with Crippen LogP contribution < -0.4 is 16.6 Å². The van der Waals surface area contributed by atoms with Crippen molar-refractivity contribution in [2.24, 2.45) is 7.05 Å². The number of nitrogen functional groups attached to an aromatic ring is 1. The van der Waals surface area contributed by atoms with Gasteiger partial charge in [0.2, 0.25) is 0 Å². The van der Waals surface area contributed by atoms with E-state index < -0.39 is 11.9 Å². The molecule has 11 heteroatoms. The largest absolute Gasteiger partial charge is 0.459 e. The first-order valence-corrected chi connectivity index (χ1v) is 20.0. The van der Waals surface area contributed by atoms with Gasteiger partial charge in [-0.15, -0.1) is 5.10 Å². The number of amides is 1. The predicted octanol–water partition coefficient (Wildman–Crippen LogP) is 8.53. The topological polar surface area (TPSA) is 139 Å². The van der Waals surface area contributed by atoms with Gasteiger partial charge >= 0.3 is 5.97 Å². The number of nitrogens with zero attached hydrogens (tertiary/aromatic N) is 5. The number of rotatable bonds is 17. The van der Waals surface area contributed by atoms with E-state index in [4.69, 9.17) is 10.5 Å². The molecule has 0 unspecified atom stereocenters. The standard InChI is InChI=1S/C47H51N7O4/c1-4-5-6-7-8-9-10-11-12-13-14-18-25-41(55)58-33-39-30-35(32-52(39)3)26-27-36-21-19-22-37-31-40(54(47(57)42(36)37)38-23-16-15-17-24-38)34(2)50-46(56)43-44(48)51-53-29-20-28-49-45(43)53/h5-6,8-9,15-17,19-24,28-32,34H,4,7,10-14,18,25,33H2,1-3H3,(H2,48,51)(H,50,56)/b6-5-,9-8-/t34-/m0/s1. The fourth-order valence-electron chi connectivity index (χ4n) is 6.92. The molecular weight excluding hydrogens is 727 g/mol. The summed E-state index contributed by atoms with van der Waals surface area (Å²) in [5, 5.41) is 8.36. The summed E-state index contributed by atoms with van der Waals surface area (Å²) in [4.78, 5) is 44.9. The van der Waals surface area contributed by atoms with E-state index in [1.807, 2.05) is 85.4 Å². The van der Waals surface area contributed by atoms with E-state index in [-0.39, 0.29) is 29.5 Å². The molecule has 0 bridgehead atoms. The fourth-order valence-corrected chi connectivity index (χ4v) is 6.92. The van der Waals surface area contributed by atoms with E-state index in [1.165, 1.54) is 17.4 Å². The molecule has 0 aliphatic carbocycles. The summed E-state index contributed by atoms with van der Waals surface area (Å²) in [5.74, 6) is 5.84. The van der Waals surface area contributed by atoms with E-state index in [0.717, 1.165) is 49.8 Å². The fraction of sp³-hybridized carbons (Fsp3) is 0.298. The molecule has 298 valence electrons. The SMILES string of the molecule is CC/C=C\C/C=C\CCCCCCCC(=O)OCc1cc(C#Cc2cccc3cc([C@H](C)NC(=O)c4c(N)nn5cccnc45)n(-c4ccccc4)c(=O)c23)cn1C. The normalized spacial score (nSPS) is 12.0. The van der Waals surface area contributed by atoms with Crippen LogP contribution in [-0.4, -0.2) is 35.6 Å². The highest BCUT2D eigenvalue weighted by atomic mass is 16.5. The Morgan fingerprint density at radius 1 is 0.948 bits per heavy atom. The third kappa shape index (κ3) is 10.2. The number of carbonyl (C=O) groups excluding carboxylic acids is 2. The molecule has 2 aromatic carbocycles. The zero-order valence-electron chi connectivity index (χ0n) is 33.5. The van der Waals surface area contributed by atoms with Crippen LogP contribution in [-0.2, 0) is 23.2 Å². The van der Waals surface area contributed by atoms with Gasteiger partial charge in [-0.05, 0) is 80.8 Å². The Hall–Kier alpha value is -6.67. The van der Waals surface area contributed by atoms with Gasteiger partial charge in [-0.3, -0.25) is 19.0 Å². The van der Waals surface area contributed by atoms with Gasteiger partial charge in [0.15, 0.2) is 11.5 Å². The molecule has 3 N–H and O–H groups in total. The summed E-state index contributed by atoms with van der Waals surface area (Å²) in [5.41, 5.74) is 9.69. The number of nitrogens with two attached hydrogens (primary N) is 1. The summed E-state index contributed by atoms with van der Waals surface area (Å²) in [7, 11) is 1.89. The second-order valence-corrected chi connectivity index (χ2v) is 14.3. The average molecular weight is 778 g/mol. The highest BCUT2D eigenvalue weighted by molar-refractivity contribution is 6.04. The van der Waals surface area contributed by atoms with Gasteiger partial charge in [0.05, 0.1) is 17.1 Å². The Labute approximate surface area is 339 Å². The van der Waals surface area contributed by atoms with Crippen molar-refractivity contribution in [2.45, 2.75) is 84.3 Å². The number of para-hydroxylation sites is 1. The maximum absolute atomic E-state index is 14.5. The molecule has 1 amide bonds. The number of fused-ring (bicyclic) bond motifs is 2. The van der Waals surface area contributed by atoms with E-state index >= 15 is 0 Å². The molecule has 0 saturated heterocycles. The first kappa shape index (κ1) is 41.0. The summed E-state index contributed by atoms with van der Waals surface area (Å²) in [6.45, 7) is 4.12. The smallest absolute Gasteiger partial charge is 0.306 e.